The van der Waals surface area contributed by atoms with E-state index in [1.807, 2.05) is 0 Å². The molecular formula is C12H25N3O2S. The Balaban J connectivity index is 2.00. The van der Waals surface area contributed by atoms with E-state index in [1.165, 1.54) is 12.8 Å². The minimum atomic E-state index is -3.21. The maximum absolute atomic E-state index is 12.5. The molecule has 0 saturated carbocycles. The topological polar surface area (TPSA) is 52.7 Å². The number of hydrogen-bond acceptors (Lipinski definition) is 3. The first-order valence-electron chi connectivity index (χ1n) is 7.10. The fraction of sp³-hybridized carbons (Fsp3) is 1.00. The van der Waals surface area contributed by atoms with Gasteiger partial charge in [0.15, 0.2) is 0 Å². The molecule has 106 valence electrons. The van der Waals surface area contributed by atoms with Crippen molar-refractivity contribution >= 4 is 10.2 Å². The van der Waals surface area contributed by atoms with Crippen LogP contribution < -0.4 is 5.32 Å². The highest BCUT2D eigenvalue weighted by atomic mass is 32.2. The maximum Gasteiger partial charge on any atom is 0.282 e. The molecule has 1 unspecified atom stereocenters. The third-order valence-electron chi connectivity index (χ3n) is 4.11. The van der Waals surface area contributed by atoms with E-state index in [4.69, 9.17) is 0 Å². The molecular weight excluding hydrogens is 250 g/mol. The molecule has 0 radical (unpaired) electrons. The number of piperazine rings is 1. The highest BCUT2D eigenvalue weighted by molar-refractivity contribution is 7.86. The molecule has 18 heavy (non-hydrogen) atoms. The summed E-state index contributed by atoms with van der Waals surface area (Å²) in [4.78, 5) is 0. The normalized spacial score (nSPS) is 29.1. The van der Waals surface area contributed by atoms with Gasteiger partial charge in [-0.15, -0.1) is 0 Å². The van der Waals surface area contributed by atoms with Crippen LogP contribution in [0, 0.1) is 5.92 Å². The molecule has 2 aliphatic heterocycles. The number of rotatable bonds is 3. The van der Waals surface area contributed by atoms with E-state index in [9.17, 15) is 8.42 Å². The summed E-state index contributed by atoms with van der Waals surface area (Å²) < 4.78 is 28.4. The second kappa shape index (κ2) is 6.32. The van der Waals surface area contributed by atoms with Gasteiger partial charge < -0.3 is 5.32 Å². The summed E-state index contributed by atoms with van der Waals surface area (Å²) in [6.45, 7) is 6.35. The number of hydrogen-bond donors (Lipinski definition) is 1. The van der Waals surface area contributed by atoms with Gasteiger partial charge in [0.2, 0.25) is 0 Å². The second-order valence-corrected chi connectivity index (χ2v) is 7.19. The molecule has 0 spiro atoms. The van der Waals surface area contributed by atoms with E-state index in [0.29, 0.717) is 32.1 Å². The van der Waals surface area contributed by atoms with Gasteiger partial charge in [0, 0.05) is 39.3 Å². The van der Waals surface area contributed by atoms with E-state index in [0.717, 1.165) is 25.9 Å². The predicted octanol–water partition coefficient (Wildman–Crippen LogP) is 0.649. The van der Waals surface area contributed by atoms with E-state index in [2.05, 4.69) is 12.2 Å². The lowest BCUT2D eigenvalue weighted by molar-refractivity contribution is 0.312. The van der Waals surface area contributed by atoms with Crippen molar-refractivity contribution in [2.45, 2.75) is 32.6 Å². The Morgan fingerprint density at radius 1 is 1.06 bits per heavy atom. The van der Waals surface area contributed by atoms with Crippen LogP contribution >= 0.6 is 0 Å². The largest absolute Gasteiger partial charge is 0.314 e. The van der Waals surface area contributed by atoms with Crippen molar-refractivity contribution in [3.8, 4) is 0 Å². The Bertz CT molecular complexity index is 352. The lowest BCUT2D eigenvalue weighted by atomic mass is 9.98. The highest BCUT2D eigenvalue weighted by Crippen LogP contribution is 2.23. The van der Waals surface area contributed by atoms with Gasteiger partial charge in [-0.2, -0.15) is 17.0 Å². The lowest BCUT2D eigenvalue weighted by Crippen LogP contribution is -2.51. The van der Waals surface area contributed by atoms with Crippen LogP contribution in [0.25, 0.3) is 0 Å². The molecule has 0 aromatic rings. The Hall–Kier alpha value is -0.170. The van der Waals surface area contributed by atoms with Crippen LogP contribution in [0.5, 0.6) is 0 Å². The SMILES string of the molecule is CCC1CCCN(S(=O)(=O)N2CCNCC2)CC1. The Morgan fingerprint density at radius 3 is 2.39 bits per heavy atom. The average Bonchev–Trinajstić information content (AvgIpc) is 2.65. The minimum absolute atomic E-state index is 0.607. The minimum Gasteiger partial charge on any atom is -0.314 e. The highest BCUT2D eigenvalue weighted by Gasteiger charge is 2.31. The van der Waals surface area contributed by atoms with E-state index in [-0.39, 0.29) is 0 Å². The van der Waals surface area contributed by atoms with Crippen molar-refractivity contribution < 1.29 is 8.42 Å². The fourth-order valence-corrected chi connectivity index (χ4v) is 4.48. The van der Waals surface area contributed by atoms with Crippen LogP contribution in [0.4, 0.5) is 0 Å². The van der Waals surface area contributed by atoms with Crippen molar-refractivity contribution in [2.75, 3.05) is 39.3 Å². The Kier molecular flexibility index (Phi) is 5.00. The second-order valence-electron chi connectivity index (χ2n) is 5.26. The van der Waals surface area contributed by atoms with Gasteiger partial charge >= 0.3 is 0 Å². The third kappa shape index (κ3) is 3.23. The first-order chi connectivity index (χ1) is 8.64. The van der Waals surface area contributed by atoms with Gasteiger partial charge in [-0.25, -0.2) is 0 Å². The van der Waals surface area contributed by atoms with Gasteiger partial charge in [-0.1, -0.05) is 13.3 Å². The zero-order valence-corrected chi connectivity index (χ0v) is 12.1. The van der Waals surface area contributed by atoms with Crippen LogP contribution in [0.3, 0.4) is 0 Å². The van der Waals surface area contributed by atoms with Crippen molar-refractivity contribution in [3.05, 3.63) is 0 Å². The molecule has 1 atom stereocenters. The molecule has 2 fully saturated rings. The molecule has 0 amide bonds. The zero-order valence-electron chi connectivity index (χ0n) is 11.3. The van der Waals surface area contributed by atoms with Crippen LogP contribution in [-0.2, 0) is 10.2 Å². The number of nitrogens with one attached hydrogen (secondary N) is 1. The van der Waals surface area contributed by atoms with Gasteiger partial charge in [-0.3, -0.25) is 0 Å². The smallest absolute Gasteiger partial charge is 0.282 e. The average molecular weight is 275 g/mol. The lowest BCUT2D eigenvalue weighted by Gasteiger charge is -2.31. The maximum atomic E-state index is 12.5. The van der Waals surface area contributed by atoms with Crippen molar-refractivity contribution in [1.29, 1.82) is 0 Å². The summed E-state index contributed by atoms with van der Waals surface area (Å²) >= 11 is 0. The Morgan fingerprint density at radius 2 is 1.72 bits per heavy atom. The standard InChI is InChI=1S/C12H25N3O2S/c1-2-12-4-3-8-14(9-5-12)18(16,17)15-10-6-13-7-11-15/h12-13H,2-11H2,1H3. The van der Waals surface area contributed by atoms with Crippen molar-refractivity contribution in [2.24, 2.45) is 5.92 Å². The third-order valence-corrected chi connectivity index (χ3v) is 6.15. The zero-order chi connectivity index (χ0) is 13.0. The molecule has 5 nitrogen and oxygen atoms in total. The molecule has 0 aliphatic carbocycles. The molecule has 0 bridgehead atoms. The fourth-order valence-electron chi connectivity index (χ4n) is 2.82. The van der Waals surface area contributed by atoms with Gasteiger partial charge in [-0.05, 0) is 25.2 Å². The molecule has 0 aromatic heterocycles. The summed E-state index contributed by atoms with van der Waals surface area (Å²) in [6, 6.07) is 0. The summed E-state index contributed by atoms with van der Waals surface area (Å²) in [5.41, 5.74) is 0. The molecule has 0 aromatic carbocycles. The molecule has 2 saturated heterocycles. The summed E-state index contributed by atoms with van der Waals surface area (Å²) in [5, 5.41) is 3.19. The van der Waals surface area contributed by atoms with Crippen LogP contribution in [0.15, 0.2) is 0 Å². The van der Waals surface area contributed by atoms with Crippen LogP contribution in [0.1, 0.15) is 32.6 Å². The molecule has 2 aliphatic rings. The van der Waals surface area contributed by atoms with Gasteiger partial charge in [0.05, 0.1) is 0 Å². The predicted molar refractivity (Wildman–Crippen MR) is 72.6 cm³/mol. The quantitative estimate of drug-likeness (QED) is 0.823. The van der Waals surface area contributed by atoms with Crippen LogP contribution in [0.2, 0.25) is 0 Å². The van der Waals surface area contributed by atoms with Crippen molar-refractivity contribution in [3.63, 3.8) is 0 Å². The summed E-state index contributed by atoms with van der Waals surface area (Å²) in [7, 11) is -3.21. The Labute approximate surface area is 111 Å². The van der Waals surface area contributed by atoms with Crippen LogP contribution in [-0.4, -0.2) is 56.3 Å². The van der Waals surface area contributed by atoms with E-state index >= 15 is 0 Å². The first kappa shape index (κ1) is 14.2. The monoisotopic (exact) mass is 275 g/mol. The van der Waals surface area contributed by atoms with E-state index < -0.39 is 10.2 Å². The first-order valence-corrected chi connectivity index (χ1v) is 8.50. The molecule has 1 N–H and O–H groups in total. The van der Waals surface area contributed by atoms with Gasteiger partial charge in [0.1, 0.15) is 0 Å². The molecule has 6 heteroatoms. The van der Waals surface area contributed by atoms with Gasteiger partial charge in [0.25, 0.3) is 10.2 Å². The number of nitrogens with zero attached hydrogens (tertiary/aromatic N) is 2. The van der Waals surface area contributed by atoms with E-state index in [1.54, 1.807) is 8.61 Å². The molecule has 2 heterocycles. The van der Waals surface area contributed by atoms with Crippen molar-refractivity contribution in [1.82, 2.24) is 13.9 Å². The summed E-state index contributed by atoms with van der Waals surface area (Å²) in [5.74, 6) is 0.702. The summed E-state index contributed by atoms with van der Waals surface area (Å²) in [6.07, 6.45) is 4.36. The molecule has 2 rings (SSSR count).